The molecule has 0 N–H and O–H groups in total. The molecule has 0 radical (unpaired) electrons. The van der Waals surface area contributed by atoms with Crippen LogP contribution in [-0.2, 0) is 9.47 Å². The Labute approximate surface area is 95.9 Å². The van der Waals surface area contributed by atoms with Crippen LogP contribution < -0.4 is 0 Å². The molecule has 90 valence electrons. The maximum Gasteiger partial charge on any atom is 0.409 e. The second-order valence-corrected chi connectivity index (χ2v) is 3.83. The van der Waals surface area contributed by atoms with E-state index in [0.29, 0.717) is 26.1 Å². The summed E-state index contributed by atoms with van der Waals surface area (Å²) in [4.78, 5) is 13.2. The zero-order chi connectivity index (χ0) is 12.0. The van der Waals surface area contributed by atoms with Crippen LogP contribution in [0.5, 0.6) is 0 Å². The summed E-state index contributed by atoms with van der Waals surface area (Å²) < 4.78 is 10.3. The lowest BCUT2D eigenvalue weighted by molar-refractivity contribution is -0.00507. The van der Waals surface area contributed by atoms with E-state index in [-0.39, 0.29) is 18.1 Å². The average molecular weight is 226 g/mol. The molecule has 0 aromatic carbocycles. The van der Waals surface area contributed by atoms with Crippen LogP contribution >= 0.6 is 0 Å². The van der Waals surface area contributed by atoms with Crippen molar-refractivity contribution in [3.8, 4) is 6.07 Å². The SMILES string of the molecule is CCOC(=O)N1CCC(OC)C(CC#N)C1. The number of nitrogens with zero attached hydrogens (tertiary/aromatic N) is 2. The molecule has 0 saturated carbocycles. The standard InChI is InChI=1S/C11H18N2O3/c1-3-16-11(14)13-7-5-10(15-2)9(8-13)4-6-12/h9-10H,3-5,7-8H2,1-2H3. The van der Waals surface area contributed by atoms with Crippen LogP contribution in [0.1, 0.15) is 19.8 Å². The van der Waals surface area contributed by atoms with Crippen LogP contribution in [0.2, 0.25) is 0 Å². The van der Waals surface area contributed by atoms with Crippen molar-refractivity contribution in [2.75, 3.05) is 26.8 Å². The van der Waals surface area contributed by atoms with Gasteiger partial charge >= 0.3 is 6.09 Å². The van der Waals surface area contributed by atoms with Gasteiger partial charge in [0, 0.05) is 32.5 Å². The Morgan fingerprint density at radius 2 is 2.38 bits per heavy atom. The van der Waals surface area contributed by atoms with E-state index in [4.69, 9.17) is 14.7 Å². The number of ether oxygens (including phenoxy) is 2. The molecule has 0 aliphatic carbocycles. The van der Waals surface area contributed by atoms with Gasteiger partial charge in [0.2, 0.25) is 0 Å². The van der Waals surface area contributed by atoms with Gasteiger partial charge in [0.05, 0.1) is 18.8 Å². The molecule has 5 nitrogen and oxygen atoms in total. The predicted octanol–water partition coefficient (Wildman–Crippen LogP) is 1.39. The molecule has 1 saturated heterocycles. The zero-order valence-electron chi connectivity index (χ0n) is 9.81. The lowest BCUT2D eigenvalue weighted by Gasteiger charge is -2.36. The number of amides is 1. The minimum absolute atomic E-state index is 0.0744. The van der Waals surface area contributed by atoms with Gasteiger partial charge < -0.3 is 14.4 Å². The maximum atomic E-state index is 11.5. The second-order valence-electron chi connectivity index (χ2n) is 3.83. The Morgan fingerprint density at radius 3 is 2.94 bits per heavy atom. The average Bonchev–Trinajstić information content (AvgIpc) is 2.29. The summed E-state index contributed by atoms with van der Waals surface area (Å²) in [7, 11) is 1.65. The lowest BCUT2D eigenvalue weighted by Crippen LogP contribution is -2.46. The smallest absolute Gasteiger partial charge is 0.409 e. The van der Waals surface area contributed by atoms with Crippen molar-refractivity contribution in [1.82, 2.24) is 4.90 Å². The first-order valence-electron chi connectivity index (χ1n) is 5.54. The highest BCUT2D eigenvalue weighted by Gasteiger charge is 2.31. The first-order chi connectivity index (χ1) is 7.72. The van der Waals surface area contributed by atoms with Gasteiger partial charge in [-0.15, -0.1) is 0 Å². The van der Waals surface area contributed by atoms with Crippen molar-refractivity contribution in [1.29, 1.82) is 5.26 Å². The number of hydrogen-bond donors (Lipinski definition) is 0. The number of nitriles is 1. The molecule has 16 heavy (non-hydrogen) atoms. The summed E-state index contributed by atoms with van der Waals surface area (Å²) in [6.45, 7) is 3.35. The summed E-state index contributed by atoms with van der Waals surface area (Å²) >= 11 is 0. The molecule has 1 heterocycles. The maximum absolute atomic E-state index is 11.5. The Hall–Kier alpha value is -1.28. The summed E-state index contributed by atoms with van der Waals surface area (Å²) in [6, 6.07) is 2.13. The molecule has 1 amide bonds. The Kier molecular flexibility index (Phi) is 5.06. The van der Waals surface area contributed by atoms with Gasteiger partial charge in [-0.3, -0.25) is 0 Å². The van der Waals surface area contributed by atoms with Crippen LogP contribution in [0.4, 0.5) is 4.79 Å². The van der Waals surface area contributed by atoms with Gasteiger partial charge in [0.25, 0.3) is 0 Å². The van der Waals surface area contributed by atoms with Crippen molar-refractivity contribution in [2.24, 2.45) is 5.92 Å². The lowest BCUT2D eigenvalue weighted by atomic mass is 9.92. The number of hydrogen-bond acceptors (Lipinski definition) is 4. The number of carbonyl (C=O) groups is 1. The van der Waals surface area contributed by atoms with E-state index in [1.807, 2.05) is 0 Å². The molecule has 0 aromatic heterocycles. The van der Waals surface area contributed by atoms with Crippen molar-refractivity contribution in [2.45, 2.75) is 25.9 Å². The highest BCUT2D eigenvalue weighted by atomic mass is 16.6. The monoisotopic (exact) mass is 226 g/mol. The van der Waals surface area contributed by atoms with E-state index in [9.17, 15) is 4.79 Å². The molecule has 1 rings (SSSR count). The fourth-order valence-electron chi connectivity index (χ4n) is 2.01. The molecule has 1 aliphatic heterocycles. The number of likely N-dealkylation sites (tertiary alicyclic amines) is 1. The van der Waals surface area contributed by atoms with Crippen molar-refractivity contribution in [3.05, 3.63) is 0 Å². The molecule has 2 unspecified atom stereocenters. The third-order valence-corrected chi connectivity index (χ3v) is 2.85. The van der Waals surface area contributed by atoms with Crippen molar-refractivity contribution < 1.29 is 14.3 Å². The van der Waals surface area contributed by atoms with E-state index in [0.717, 1.165) is 6.42 Å². The van der Waals surface area contributed by atoms with E-state index in [1.165, 1.54) is 0 Å². The first kappa shape index (κ1) is 12.8. The third kappa shape index (κ3) is 3.11. The molecular formula is C11H18N2O3. The largest absolute Gasteiger partial charge is 0.450 e. The van der Waals surface area contributed by atoms with E-state index < -0.39 is 0 Å². The Morgan fingerprint density at radius 1 is 1.62 bits per heavy atom. The molecule has 0 bridgehead atoms. The fraction of sp³-hybridized carbons (Fsp3) is 0.818. The number of rotatable bonds is 3. The first-order valence-corrected chi connectivity index (χ1v) is 5.54. The zero-order valence-corrected chi connectivity index (χ0v) is 9.81. The summed E-state index contributed by atoms with van der Waals surface area (Å²) in [5.74, 6) is 0.0909. The van der Waals surface area contributed by atoms with E-state index in [1.54, 1.807) is 18.9 Å². The van der Waals surface area contributed by atoms with Crippen LogP contribution in [0.25, 0.3) is 0 Å². The summed E-state index contributed by atoms with van der Waals surface area (Å²) in [5.41, 5.74) is 0. The Bertz CT molecular complexity index is 275. The van der Waals surface area contributed by atoms with Crippen molar-refractivity contribution >= 4 is 6.09 Å². The van der Waals surface area contributed by atoms with Crippen LogP contribution in [0.3, 0.4) is 0 Å². The van der Waals surface area contributed by atoms with Crippen LogP contribution in [0, 0.1) is 17.2 Å². The van der Waals surface area contributed by atoms with E-state index in [2.05, 4.69) is 6.07 Å². The van der Waals surface area contributed by atoms with E-state index >= 15 is 0 Å². The Balaban J connectivity index is 2.55. The minimum atomic E-state index is -0.292. The molecular weight excluding hydrogens is 208 g/mol. The van der Waals surface area contributed by atoms with Gasteiger partial charge in [-0.1, -0.05) is 0 Å². The molecule has 1 fully saturated rings. The topological polar surface area (TPSA) is 62.6 Å². The number of piperidine rings is 1. The summed E-state index contributed by atoms with van der Waals surface area (Å²) in [6.07, 6.45) is 0.959. The van der Waals surface area contributed by atoms with Crippen LogP contribution in [-0.4, -0.2) is 43.9 Å². The molecule has 0 aromatic rings. The highest BCUT2D eigenvalue weighted by Crippen LogP contribution is 2.22. The van der Waals surface area contributed by atoms with Gasteiger partial charge in [0.15, 0.2) is 0 Å². The van der Waals surface area contributed by atoms with Crippen LogP contribution in [0.15, 0.2) is 0 Å². The highest BCUT2D eigenvalue weighted by molar-refractivity contribution is 5.67. The predicted molar refractivity (Wildman–Crippen MR) is 57.7 cm³/mol. The fourth-order valence-corrected chi connectivity index (χ4v) is 2.01. The normalized spacial score (nSPS) is 24.9. The molecule has 5 heteroatoms. The molecule has 1 aliphatic rings. The number of methoxy groups -OCH3 is 1. The second kappa shape index (κ2) is 6.33. The molecule has 2 atom stereocenters. The van der Waals surface area contributed by atoms with Crippen molar-refractivity contribution in [3.63, 3.8) is 0 Å². The quantitative estimate of drug-likeness (QED) is 0.729. The number of carbonyl (C=O) groups excluding carboxylic acids is 1. The van der Waals surface area contributed by atoms with Gasteiger partial charge in [-0.2, -0.15) is 5.26 Å². The molecule has 0 spiro atoms. The summed E-state index contributed by atoms with van der Waals surface area (Å²) in [5, 5.41) is 8.72. The minimum Gasteiger partial charge on any atom is -0.450 e. The third-order valence-electron chi connectivity index (χ3n) is 2.85. The van der Waals surface area contributed by atoms with Gasteiger partial charge in [-0.25, -0.2) is 4.79 Å². The van der Waals surface area contributed by atoms with Gasteiger partial charge in [-0.05, 0) is 13.3 Å². The van der Waals surface area contributed by atoms with Gasteiger partial charge in [0.1, 0.15) is 0 Å².